The minimum absolute atomic E-state index is 0.156. The maximum absolute atomic E-state index is 13.1. The Morgan fingerprint density at radius 1 is 1.11 bits per heavy atom. The predicted molar refractivity (Wildman–Crippen MR) is 148 cm³/mol. The topological polar surface area (TPSA) is 98.1 Å². The van der Waals surface area contributed by atoms with Gasteiger partial charge in [0, 0.05) is 37.7 Å². The molecule has 2 heterocycles. The lowest BCUT2D eigenvalue weighted by molar-refractivity contribution is 0.0711. The Hall–Kier alpha value is -3.49. The second-order valence-corrected chi connectivity index (χ2v) is 10.7. The number of nitrogens with two attached hydrogens (primary N) is 1. The van der Waals surface area contributed by atoms with E-state index in [1.54, 1.807) is 7.11 Å². The third kappa shape index (κ3) is 5.81. The molecule has 1 fully saturated rings. The molecule has 8 nitrogen and oxygen atoms in total. The fourth-order valence-corrected chi connectivity index (χ4v) is 5.61. The molecule has 1 aliphatic carbocycles. The van der Waals surface area contributed by atoms with Crippen molar-refractivity contribution in [2.45, 2.75) is 37.1 Å². The monoisotopic (exact) mass is 518 g/mol. The summed E-state index contributed by atoms with van der Waals surface area (Å²) in [5, 5.41) is 6.35. The van der Waals surface area contributed by atoms with E-state index in [1.165, 1.54) is 5.56 Å². The summed E-state index contributed by atoms with van der Waals surface area (Å²) in [5.74, 6) is 1.54. The highest BCUT2D eigenvalue weighted by atomic mass is 16.7. The largest absolute Gasteiger partial charge is 0.458 e. The molecular formula is C30H38N4O4. The molecule has 2 amide bonds. The Labute approximate surface area is 224 Å². The standard InChI is InChI=1S/C30H38N4O4/c1-29(11-10-26-27(19-29)38-21-37-26)33-28(35)32-20-30(12-14-34(15-13-30)16-17-36-2)24-8-6-22(7-9-24)23-4-3-5-25(31)18-23/h3-11,18H,12-17,19-21,31H2,1-2H3,(H2,32,33,35). The number of benzene rings is 2. The van der Waals surface area contributed by atoms with Crippen molar-refractivity contribution in [2.75, 3.05) is 52.4 Å². The van der Waals surface area contributed by atoms with E-state index in [2.05, 4.69) is 45.9 Å². The Balaban J connectivity index is 1.29. The van der Waals surface area contributed by atoms with Crippen molar-refractivity contribution < 1.29 is 19.0 Å². The number of anilines is 1. The van der Waals surface area contributed by atoms with Crippen molar-refractivity contribution in [3.05, 3.63) is 77.8 Å². The number of ether oxygens (including phenoxy) is 3. The minimum Gasteiger partial charge on any atom is -0.458 e. The molecule has 202 valence electrons. The van der Waals surface area contributed by atoms with Gasteiger partial charge < -0.3 is 35.5 Å². The van der Waals surface area contributed by atoms with Crippen LogP contribution in [0.1, 0.15) is 31.7 Å². The molecule has 3 aliphatic rings. The van der Waals surface area contributed by atoms with Crippen molar-refractivity contribution in [3.8, 4) is 11.1 Å². The molecule has 38 heavy (non-hydrogen) atoms. The fraction of sp³-hybridized carbons (Fsp3) is 0.433. The number of nitrogens with zero attached hydrogens (tertiary/aromatic N) is 1. The number of allylic oxidation sites excluding steroid dienone is 1. The van der Waals surface area contributed by atoms with Gasteiger partial charge in [0.15, 0.2) is 5.76 Å². The first-order chi connectivity index (χ1) is 18.4. The van der Waals surface area contributed by atoms with Gasteiger partial charge in [0.05, 0.1) is 12.1 Å². The molecule has 2 aromatic carbocycles. The first kappa shape index (κ1) is 26.1. The molecular weight excluding hydrogens is 480 g/mol. The summed E-state index contributed by atoms with van der Waals surface area (Å²) in [6.07, 6.45) is 6.32. The summed E-state index contributed by atoms with van der Waals surface area (Å²) < 4.78 is 16.3. The lowest BCUT2D eigenvalue weighted by Crippen LogP contribution is -2.54. The number of amides is 2. The highest BCUT2D eigenvalue weighted by Crippen LogP contribution is 2.37. The number of carbonyl (C=O) groups excluding carboxylic acids is 1. The first-order valence-electron chi connectivity index (χ1n) is 13.3. The number of rotatable bonds is 8. The molecule has 5 rings (SSSR count). The van der Waals surface area contributed by atoms with Gasteiger partial charge in [-0.2, -0.15) is 0 Å². The fourth-order valence-electron chi connectivity index (χ4n) is 5.61. The molecule has 1 saturated heterocycles. The van der Waals surface area contributed by atoms with Gasteiger partial charge >= 0.3 is 6.03 Å². The van der Waals surface area contributed by atoms with Crippen molar-refractivity contribution in [3.63, 3.8) is 0 Å². The van der Waals surface area contributed by atoms with Crippen LogP contribution in [-0.4, -0.2) is 63.2 Å². The van der Waals surface area contributed by atoms with E-state index in [-0.39, 0.29) is 18.2 Å². The van der Waals surface area contributed by atoms with Crippen molar-refractivity contribution in [1.29, 1.82) is 0 Å². The molecule has 0 radical (unpaired) electrons. The summed E-state index contributed by atoms with van der Waals surface area (Å²) in [6, 6.07) is 16.5. The number of likely N-dealkylation sites (tertiary alicyclic amines) is 1. The van der Waals surface area contributed by atoms with E-state index in [9.17, 15) is 4.79 Å². The van der Waals surface area contributed by atoms with Crippen molar-refractivity contribution in [1.82, 2.24) is 15.5 Å². The van der Waals surface area contributed by atoms with Crippen LogP contribution < -0.4 is 16.4 Å². The van der Waals surface area contributed by atoms with Crippen LogP contribution in [0.15, 0.2) is 72.2 Å². The first-order valence-corrected chi connectivity index (χ1v) is 13.3. The molecule has 2 aromatic rings. The van der Waals surface area contributed by atoms with Gasteiger partial charge in [-0.25, -0.2) is 4.79 Å². The molecule has 2 aliphatic heterocycles. The second kappa shape index (κ2) is 11.1. The molecule has 0 bridgehead atoms. The Morgan fingerprint density at radius 3 is 2.63 bits per heavy atom. The van der Waals surface area contributed by atoms with E-state index in [4.69, 9.17) is 19.9 Å². The third-order valence-electron chi connectivity index (χ3n) is 7.98. The number of carbonyl (C=O) groups is 1. The van der Waals surface area contributed by atoms with Crippen LogP contribution in [0.25, 0.3) is 11.1 Å². The minimum atomic E-state index is -0.535. The second-order valence-electron chi connectivity index (χ2n) is 10.7. The van der Waals surface area contributed by atoms with E-state index >= 15 is 0 Å². The number of nitrogens with one attached hydrogen (secondary N) is 2. The molecule has 0 spiro atoms. The summed E-state index contributed by atoms with van der Waals surface area (Å²) >= 11 is 0. The highest BCUT2D eigenvalue weighted by Gasteiger charge is 2.38. The SMILES string of the molecule is COCCN1CCC(CNC(=O)NC2(C)C=CC3=C(C2)OCO3)(c2ccc(-c3cccc(N)c3)cc2)CC1. The molecule has 1 unspecified atom stereocenters. The summed E-state index contributed by atoms with van der Waals surface area (Å²) in [6.45, 7) is 6.34. The molecule has 0 saturated carbocycles. The zero-order chi connectivity index (χ0) is 26.6. The Bertz CT molecular complexity index is 1200. The van der Waals surface area contributed by atoms with Gasteiger partial charge in [0.2, 0.25) is 6.79 Å². The van der Waals surface area contributed by atoms with Gasteiger partial charge in [-0.05, 0) is 67.8 Å². The average molecular weight is 519 g/mol. The number of hydrogen-bond donors (Lipinski definition) is 3. The van der Waals surface area contributed by atoms with Crippen LogP contribution in [0.5, 0.6) is 0 Å². The van der Waals surface area contributed by atoms with Crippen LogP contribution in [0.2, 0.25) is 0 Å². The molecule has 8 heteroatoms. The quantitative estimate of drug-likeness (QED) is 0.454. The maximum atomic E-state index is 13.1. The zero-order valence-corrected chi connectivity index (χ0v) is 22.3. The van der Waals surface area contributed by atoms with E-state index < -0.39 is 5.54 Å². The van der Waals surface area contributed by atoms with Gasteiger partial charge in [-0.1, -0.05) is 42.5 Å². The number of hydrogen-bond acceptors (Lipinski definition) is 6. The van der Waals surface area contributed by atoms with Gasteiger partial charge in [0.1, 0.15) is 5.76 Å². The van der Waals surface area contributed by atoms with Crippen LogP contribution in [-0.2, 0) is 19.6 Å². The average Bonchev–Trinajstić information content (AvgIpc) is 3.38. The summed E-state index contributed by atoms with van der Waals surface area (Å²) in [5.41, 5.74) is 9.53. The van der Waals surface area contributed by atoms with Crippen LogP contribution in [0, 0.1) is 0 Å². The van der Waals surface area contributed by atoms with Crippen LogP contribution in [0.3, 0.4) is 0 Å². The van der Waals surface area contributed by atoms with E-state index in [0.29, 0.717) is 13.0 Å². The predicted octanol–water partition coefficient (Wildman–Crippen LogP) is 4.15. The maximum Gasteiger partial charge on any atom is 0.315 e. The molecule has 0 aromatic heterocycles. The number of piperidine rings is 1. The lowest BCUT2D eigenvalue weighted by atomic mass is 9.72. The Kier molecular flexibility index (Phi) is 7.63. The lowest BCUT2D eigenvalue weighted by Gasteiger charge is -2.42. The zero-order valence-electron chi connectivity index (χ0n) is 22.3. The number of nitrogen functional groups attached to an aromatic ring is 1. The smallest absolute Gasteiger partial charge is 0.315 e. The highest BCUT2D eigenvalue weighted by molar-refractivity contribution is 5.75. The summed E-state index contributed by atoms with van der Waals surface area (Å²) in [4.78, 5) is 15.6. The normalized spacial score (nSPS) is 22.4. The van der Waals surface area contributed by atoms with Crippen LogP contribution in [0.4, 0.5) is 10.5 Å². The van der Waals surface area contributed by atoms with Crippen LogP contribution >= 0.6 is 0 Å². The van der Waals surface area contributed by atoms with E-state index in [0.717, 1.165) is 67.4 Å². The number of methoxy groups -OCH3 is 1. The van der Waals surface area contributed by atoms with Gasteiger partial charge in [-0.3, -0.25) is 0 Å². The van der Waals surface area contributed by atoms with E-state index in [1.807, 2.05) is 37.3 Å². The molecule has 4 N–H and O–H groups in total. The summed E-state index contributed by atoms with van der Waals surface area (Å²) in [7, 11) is 1.74. The van der Waals surface area contributed by atoms with Crippen molar-refractivity contribution >= 4 is 11.7 Å². The van der Waals surface area contributed by atoms with Crippen molar-refractivity contribution in [2.24, 2.45) is 0 Å². The number of urea groups is 1. The molecule has 1 atom stereocenters. The van der Waals surface area contributed by atoms with Gasteiger partial charge in [0.25, 0.3) is 0 Å². The third-order valence-corrected chi connectivity index (χ3v) is 7.98. The Morgan fingerprint density at radius 2 is 1.89 bits per heavy atom. The van der Waals surface area contributed by atoms with Gasteiger partial charge in [-0.15, -0.1) is 0 Å².